The van der Waals surface area contributed by atoms with Gasteiger partial charge in [0.15, 0.2) is 0 Å². The molecule has 0 unspecified atom stereocenters. The van der Waals surface area contributed by atoms with Gasteiger partial charge in [-0.05, 0) is 31.0 Å². The molecule has 0 aromatic heterocycles. The Morgan fingerprint density at radius 2 is 1.95 bits per heavy atom. The first-order chi connectivity index (χ1) is 10.4. The third-order valence-electron chi connectivity index (χ3n) is 4.08. The lowest BCUT2D eigenvalue weighted by atomic mass is 9.87. The Hall–Kier alpha value is -1.96. The lowest BCUT2D eigenvalue weighted by molar-refractivity contribution is -0.125. The summed E-state index contributed by atoms with van der Waals surface area (Å²) in [5, 5.41) is 4.83. The number of likely N-dealkylation sites (tertiary alicyclic amines) is 1. The molecule has 8 heteroatoms. The second kappa shape index (κ2) is 5.35. The molecule has 3 rings (SSSR count). The minimum Gasteiger partial charge on any atom is -0.338 e. The highest BCUT2D eigenvalue weighted by molar-refractivity contribution is 9.10. The molecule has 1 aromatic rings. The predicted molar refractivity (Wildman–Crippen MR) is 78.6 cm³/mol. The van der Waals surface area contributed by atoms with Gasteiger partial charge in [-0.15, -0.1) is 0 Å². The zero-order valence-electron chi connectivity index (χ0n) is 11.5. The van der Waals surface area contributed by atoms with Gasteiger partial charge in [0, 0.05) is 17.6 Å². The summed E-state index contributed by atoms with van der Waals surface area (Å²) in [6.07, 6.45) is 0.623. The Labute approximate surface area is 134 Å². The number of nitrogens with one attached hydrogen (secondary N) is 2. The lowest BCUT2D eigenvalue weighted by Gasteiger charge is -2.37. The number of imide groups is 1. The van der Waals surface area contributed by atoms with Crippen molar-refractivity contribution in [2.24, 2.45) is 0 Å². The van der Waals surface area contributed by atoms with Crippen LogP contribution in [0.4, 0.5) is 9.18 Å². The van der Waals surface area contributed by atoms with Crippen molar-refractivity contribution in [3.8, 4) is 0 Å². The summed E-state index contributed by atoms with van der Waals surface area (Å²) < 4.78 is 14.4. The fourth-order valence-corrected chi connectivity index (χ4v) is 3.16. The summed E-state index contributed by atoms with van der Waals surface area (Å²) in [6.45, 7) is 0.553. The number of rotatable bonds is 1. The molecule has 0 atom stereocenters. The van der Waals surface area contributed by atoms with Gasteiger partial charge in [0.2, 0.25) is 0 Å². The number of carbonyl (C=O) groups excluding carboxylic acids is 3. The van der Waals surface area contributed by atoms with Crippen molar-refractivity contribution in [3.63, 3.8) is 0 Å². The SMILES string of the molecule is O=C1NC(=O)C2(CCN(C(=O)c3cc(Br)ccc3F)CC2)N1. The number of carbonyl (C=O) groups is 3. The number of piperidine rings is 1. The minimum absolute atomic E-state index is 0.00904. The molecule has 116 valence electrons. The molecule has 2 heterocycles. The van der Waals surface area contributed by atoms with Crippen LogP contribution in [-0.4, -0.2) is 41.4 Å². The Kier molecular flexibility index (Phi) is 3.64. The molecule has 2 N–H and O–H groups in total. The highest BCUT2D eigenvalue weighted by Gasteiger charge is 2.48. The zero-order chi connectivity index (χ0) is 15.9. The van der Waals surface area contributed by atoms with E-state index in [4.69, 9.17) is 0 Å². The smallest absolute Gasteiger partial charge is 0.322 e. The predicted octanol–water partition coefficient (Wildman–Crippen LogP) is 1.40. The third kappa shape index (κ3) is 2.47. The van der Waals surface area contributed by atoms with E-state index in [1.807, 2.05) is 0 Å². The number of urea groups is 1. The summed E-state index contributed by atoms with van der Waals surface area (Å²) >= 11 is 3.21. The van der Waals surface area contributed by atoms with Crippen molar-refractivity contribution < 1.29 is 18.8 Å². The van der Waals surface area contributed by atoms with Crippen LogP contribution < -0.4 is 10.6 Å². The fourth-order valence-electron chi connectivity index (χ4n) is 2.80. The van der Waals surface area contributed by atoms with Crippen LogP contribution in [0.1, 0.15) is 23.2 Å². The molecule has 0 bridgehead atoms. The van der Waals surface area contributed by atoms with Crippen molar-refractivity contribution in [1.29, 1.82) is 0 Å². The molecule has 2 fully saturated rings. The van der Waals surface area contributed by atoms with Crippen molar-refractivity contribution in [2.75, 3.05) is 13.1 Å². The van der Waals surface area contributed by atoms with E-state index in [-0.39, 0.29) is 24.6 Å². The fraction of sp³-hybridized carbons (Fsp3) is 0.357. The highest BCUT2D eigenvalue weighted by Crippen LogP contribution is 2.27. The molecule has 0 saturated carbocycles. The molecule has 2 aliphatic rings. The average Bonchev–Trinajstić information content (AvgIpc) is 2.76. The van der Waals surface area contributed by atoms with Crippen LogP contribution in [0.2, 0.25) is 0 Å². The van der Waals surface area contributed by atoms with Gasteiger partial charge < -0.3 is 10.2 Å². The molecule has 2 aliphatic heterocycles. The first-order valence-electron chi connectivity index (χ1n) is 6.79. The molecule has 0 aliphatic carbocycles. The second-order valence-corrected chi connectivity index (χ2v) is 6.32. The van der Waals surface area contributed by atoms with Crippen LogP contribution >= 0.6 is 15.9 Å². The summed E-state index contributed by atoms with van der Waals surface area (Å²) in [5.74, 6) is -1.36. The van der Waals surface area contributed by atoms with Crippen LogP contribution in [0.15, 0.2) is 22.7 Å². The maximum absolute atomic E-state index is 13.8. The summed E-state index contributed by atoms with van der Waals surface area (Å²) in [5.41, 5.74) is -0.950. The van der Waals surface area contributed by atoms with E-state index in [1.165, 1.54) is 23.1 Å². The summed E-state index contributed by atoms with van der Waals surface area (Å²) in [7, 11) is 0. The topological polar surface area (TPSA) is 78.5 Å². The van der Waals surface area contributed by atoms with Gasteiger partial charge in [-0.2, -0.15) is 0 Å². The number of nitrogens with zero attached hydrogens (tertiary/aromatic N) is 1. The molecule has 1 aromatic carbocycles. The van der Waals surface area contributed by atoms with E-state index in [1.54, 1.807) is 0 Å². The average molecular weight is 370 g/mol. The maximum Gasteiger partial charge on any atom is 0.322 e. The molecule has 6 nitrogen and oxygen atoms in total. The van der Waals surface area contributed by atoms with E-state index in [9.17, 15) is 18.8 Å². The molecular formula is C14H13BrFN3O3. The van der Waals surface area contributed by atoms with E-state index < -0.39 is 23.3 Å². The van der Waals surface area contributed by atoms with Gasteiger partial charge in [0.25, 0.3) is 11.8 Å². The minimum atomic E-state index is -0.941. The van der Waals surface area contributed by atoms with Crippen LogP contribution in [0.3, 0.4) is 0 Å². The molecular weight excluding hydrogens is 357 g/mol. The number of hydrogen-bond donors (Lipinski definition) is 2. The van der Waals surface area contributed by atoms with Crippen molar-refractivity contribution >= 4 is 33.8 Å². The zero-order valence-corrected chi connectivity index (χ0v) is 13.1. The second-order valence-electron chi connectivity index (χ2n) is 5.41. The molecule has 4 amide bonds. The first kappa shape index (κ1) is 15.0. The molecule has 22 heavy (non-hydrogen) atoms. The van der Waals surface area contributed by atoms with E-state index in [0.717, 1.165) is 0 Å². The van der Waals surface area contributed by atoms with Gasteiger partial charge in [-0.3, -0.25) is 14.9 Å². The summed E-state index contributed by atoms with van der Waals surface area (Å²) in [6, 6.07) is 3.68. The Morgan fingerprint density at radius 1 is 1.27 bits per heavy atom. The van der Waals surface area contributed by atoms with Crippen LogP contribution in [0, 0.1) is 5.82 Å². The van der Waals surface area contributed by atoms with Gasteiger partial charge in [0.1, 0.15) is 11.4 Å². The maximum atomic E-state index is 13.8. The number of hydrogen-bond acceptors (Lipinski definition) is 3. The van der Waals surface area contributed by atoms with E-state index >= 15 is 0 Å². The quantitative estimate of drug-likeness (QED) is 0.734. The van der Waals surface area contributed by atoms with E-state index in [2.05, 4.69) is 26.6 Å². The van der Waals surface area contributed by atoms with E-state index in [0.29, 0.717) is 17.3 Å². The van der Waals surface area contributed by atoms with Gasteiger partial charge in [-0.1, -0.05) is 15.9 Å². The Bertz CT molecular complexity index is 671. The Balaban J connectivity index is 1.74. The summed E-state index contributed by atoms with van der Waals surface area (Å²) in [4.78, 5) is 37.0. The third-order valence-corrected chi connectivity index (χ3v) is 4.57. The van der Waals surface area contributed by atoms with Crippen molar-refractivity contribution in [2.45, 2.75) is 18.4 Å². The number of halogens is 2. The van der Waals surface area contributed by atoms with Gasteiger partial charge in [0.05, 0.1) is 5.56 Å². The molecule has 2 saturated heterocycles. The highest BCUT2D eigenvalue weighted by atomic mass is 79.9. The van der Waals surface area contributed by atoms with Crippen LogP contribution in [-0.2, 0) is 4.79 Å². The number of benzene rings is 1. The van der Waals surface area contributed by atoms with Crippen molar-refractivity contribution in [1.82, 2.24) is 15.5 Å². The normalized spacial score (nSPS) is 20.0. The Morgan fingerprint density at radius 3 is 2.55 bits per heavy atom. The van der Waals surface area contributed by atoms with Crippen molar-refractivity contribution in [3.05, 3.63) is 34.1 Å². The monoisotopic (exact) mass is 369 g/mol. The molecule has 1 spiro atoms. The number of amides is 4. The first-order valence-corrected chi connectivity index (χ1v) is 7.58. The molecule has 0 radical (unpaired) electrons. The van der Waals surface area contributed by atoms with Gasteiger partial charge >= 0.3 is 6.03 Å². The van der Waals surface area contributed by atoms with Crippen LogP contribution in [0.25, 0.3) is 0 Å². The lowest BCUT2D eigenvalue weighted by Crippen LogP contribution is -2.55. The largest absolute Gasteiger partial charge is 0.338 e. The standard InChI is InChI=1S/C14H13BrFN3O3/c15-8-1-2-10(16)9(7-8)11(20)19-5-3-14(4-6-19)12(21)17-13(22)18-14/h1-2,7H,3-6H2,(H2,17,18,21,22). The van der Waals surface area contributed by atoms with Gasteiger partial charge in [-0.25, -0.2) is 9.18 Å². The van der Waals surface area contributed by atoms with Crippen LogP contribution in [0.5, 0.6) is 0 Å².